The number of hydrogen-bond donors (Lipinski definition) is 1. The maximum Gasteiger partial charge on any atom is 0.270 e. The summed E-state index contributed by atoms with van der Waals surface area (Å²) in [7, 11) is 1.80. The van der Waals surface area contributed by atoms with Crippen LogP contribution in [0.1, 0.15) is 17.4 Å². The summed E-state index contributed by atoms with van der Waals surface area (Å²) >= 11 is 3.35. The molecule has 2 heterocycles. The Morgan fingerprint density at radius 2 is 2.26 bits per heavy atom. The third kappa shape index (κ3) is 3.37. The number of nitrogens with zero attached hydrogens (tertiary/aromatic N) is 2. The van der Waals surface area contributed by atoms with Crippen LogP contribution in [0.25, 0.3) is 0 Å². The second-order valence-corrected chi connectivity index (χ2v) is 6.58. The molecule has 1 aliphatic rings. The molecule has 0 unspecified atom stereocenters. The van der Waals surface area contributed by atoms with Gasteiger partial charge in [0.05, 0.1) is 18.8 Å². The SMILES string of the molecule is CCN1C[C@@H](CN(C)C(=O)c2cc(Br)c[nH]2)Oc2ccccc21. The van der Waals surface area contributed by atoms with Gasteiger partial charge in [0.25, 0.3) is 5.91 Å². The number of ether oxygens (including phenoxy) is 1. The van der Waals surface area contributed by atoms with Gasteiger partial charge in [-0.25, -0.2) is 0 Å². The molecule has 122 valence electrons. The summed E-state index contributed by atoms with van der Waals surface area (Å²) in [5.41, 5.74) is 1.69. The fraction of sp³-hybridized carbons (Fsp3) is 0.353. The lowest BCUT2D eigenvalue weighted by molar-refractivity contribution is 0.0704. The standard InChI is InChI=1S/C17H20BrN3O2/c1-3-21-11-13(23-16-7-5-4-6-15(16)21)10-20(2)17(22)14-8-12(18)9-19-14/h4-9,13,19H,3,10-11H2,1-2H3/t13-/m1/s1. The summed E-state index contributed by atoms with van der Waals surface area (Å²) in [4.78, 5) is 19.4. The number of nitrogens with one attached hydrogen (secondary N) is 1. The molecule has 3 rings (SSSR count). The average Bonchev–Trinajstić information content (AvgIpc) is 2.99. The topological polar surface area (TPSA) is 48.6 Å². The molecule has 1 atom stereocenters. The number of aromatic nitrogens is 1. The molecule has 1 aliphatic heterocycles. The van der Waals surface area contributed by atoms with Gasteiger partial charge in [0.15, 0.2) is 0 Å². The Morgan fingerprint density at radius 3 is 2.96 bits per heavy atom. The molecule has 23 heavy (non-hydrogen) atoms. The van der Waals surface area contributed by atoms with E-state index < -0.39 is 0 Å². The molecular weight excluding hydrogens is 358 g/mol. The number of halogens is 1. The van der Waals surface area contributed by atoms with E-state index in [1.165, 1.54) is 0 Å². The van der Waals surface area contributed by atoms with Crippen molar-refractivity contribution in [2.75, 3.05) is 31.6 Å². The first kappa shape index (κ1) is 15.9. The zero-order chi connectivity index (χ0) is 16.4. The minimum Gasteiger partial charge on any atom is -0.485 e. The average molecular weight is 378 g/mol. The molecule has 0 spiro atoms. The third-order valence-electron chi connectivity index (χ3n) is 4.01. The number of fused-ring (bicyclic) bond motifs is 1. The lowest BCUT2D eigenvalue weighted by Gasteiger charge is -2.37. The van der Waals surface area contributed by atoms with Gasteiger partial charge < -0.3 is 19.5 Å². The maximum atomic E-state index is 12.4. The van der Waals surface area contributed by atoms with E-state index in [0.29, 0.717) is 12.2 Å². The molecule has 5 nitrogen and oxygen atoms in total. The van der Waals surface area contributed by atoms with Crippen LogP contribution in [0.5, 0.6) is 5.75 Å². The number of rotatable bonds is 4. The second-order valence-electron chi connectivity index (χ2n) is 5.66. The highest BCUT2D eigenvalue weighted by atomic mass is 79.9. The number of likely N-dealkylation sites (N-methyl/N-ethyl adjacent to an activating group) is 2. The third-order valence-corrected chi connectivity index (χ3v) is 4.47. The van der Waals surface area contributed by atoms with Crippen LogP contribution in [0.15, 0.2) is 41.0 Å². The molecule has 2 aromatic rings. The first-order valence-electron chi connectivity index (χ1n) is 7.68. The monoisotopic (exact) mass is 377 g/mol. The van der Waals surface area contributed by atoms with Crippen LogP contribution in [0.3, 0.4) is 0 Å². The number of anilines is 1. The number of hydrogen-bond acceptors (Lipinski definition) is 3. The van der Waals surface area contributed by atoms with E-state index in [4.69, 9.17) is 4.74 Å². The number of aromatic amines is 1. The van der Waals surface area contributed by atoms with Crippen molar-refractivity contribution in [1.29, 1.82) is 0 Å². The van der Waals surface area contributed by atoms with Gasteiger partial charge in [-0.05, 0) is 41.1 Å². The Hall–Kier alpha value is -1.95. The Kier molecular flexibility index (Phi) is 4.61. The Balaban J connectivity index is 1.70. The molecule has 0 aliphatic carbocycles. The Morgan fingerprint density at radius 1 is 1.48 bits per heavy atom. The van der Waals surface area contributed by atoms with Gasteiger partial charge >= 0.3 is 0 Å². The van der Waals surface area contributed by atoms with Crippen molar-refractivity contribution in [3.05, 3.63) is 46.7 Å². The lowest BCUT2D eigenvalue weighted by atomic mass is 10.2. The van der Waals surface area contributed by atoms with Gasteiger partial charge in [0.1, 0.15) is 17.5 Å². The normalized spacial score (nSPS) is 16.7. The zero-order valence-corrected chi connectivity index (χ0v) is 14.8. The van der Waals surface area contributed by atoms with Crippen LogP contribution in [-0.2, 0) is 0 Å². The van der Waals surface area contributed by atoms with Crippen molar-refractivity contribution < 1.29 is 9.53 Å². The van der Waals surface area contributed by atoms with Crippen molar-refractivity contribution in [2.24, 2.45) is 0 Å². The number of para-hydroxylation sites is 2. The molecule has 0 saturated carbocycles. The predicted octanol–water partition coefficient (Wildman–Crippen LogP) is 3.14. The van der Waals surface area contributed by atoms with Crippen LogP contribution < -0.4 is 9.64 Å². The molecule has 1 aromatic carbocycles. The molecule has 1 amide bonds. The molecular formula is C17H20BrN3O2. The molecule has 0 radical (unpaired) electrons. The largest absolute Gasteiger partial charge is 0.485 e. The van der Waals surface area contributed by atoms with Crippen LogP contribution in [-0.4, -0.2) is 48.6 Å². The van der Waals surface area contributed by atoms with E-state index in [1.54, 1.807) is 24.2 Å². The molecule has 1 N–H and O–H groups in total. The summed E-state index contributed by atoms with van der Waals surface area (Å²) in [6.07, 6.45) is 1.71. The second kappa shape index (κ2) is 6.66. The number of amides is 1. The predicted molar refractivity (Wildman–Crippen MR) is 94.2 cm³/mol. The van der Waals surface area contributed by atoms with Crippen LogP contribution >= 0.6 is 15.9 Å². The van der Waals surface area contributed by atoms with Crippen molar-refractivity contribution in [2.45, 2.75) is 13.0 Å². The highest BCUT2D eigenvalue weighted by molar-refractivity contribution is 9.10. The summed E-state index contributed by atoms with van der Waals surface area (Å²) < 4.78 is 6.94. The van der Waals surface area contributed by atoms with Crippen molar-refractivity contribution in [1.82, 2.24) is 9.88 Å². The Labute approximate surface area is 144 Å². The zero-order valence-electron chi connectivity index (χ0n) is 13.3. The summed E-state index contributed by atoms with van der Waals surface area (Å²) in [6, 6.07) is 9.83. The lowest BCUT2D eigenvalue weighted by Crippen LogP contribution is -2.46. The van der Waals surface area contributed by atoms with Gasteiger partial charge in [-0.1, -0.05) is 12.1 Å². The summed E-state index contributed by atoms with van der Waals surface area (Å²) in [5.74, 6) is 0.843. The molecule has 0 fully saturated rings. The van der Waals surface area contributed by atoms with Gasteiger partial charge in [0, 0.05) is 24.3 Å². The quantitative estimate of drug-likeness (QED) is 0.890. The molecule has 6 heteroatoms. The van der Waals surface area contributed by atoms with Gasteiger partial charge in [0.2, 0.25) is 0 Å². The van der Waals surface area contributed by atoms with Crippen molar-refractivity contribution in [3.63, 3.8) is 0 Å². The van der Waals surface area contributed by atoms with Gasteiger partial charge in [-0.2, -0.15) is 0 Å². The van der Waals surface area contributed by atoms with E-state index in [-0.39, 0.29) is 12.0 Å². The smallest absolute Gasteiger partial charge is 0.270 e. The van der Waals surface area contributed by atoms with E-state index >= 15 is 0 Å². The highest BCUT2D eigenvalue weighted by Gasteiger charge is 2.27. The highest BCUT2D eigenvalue weighted by Crippen LogP contribution is 2.32. The first-order chi connectivity index (χ1) is 11.1. The fourth-order valence-electron chi connectivity index (χ4n) is 2.86. The van der Waals surface area contributed by atoms with Crippen LogP contribution in [0, 0.1) is 0 Å². The number of benzene rings is 1. The molecule has 0 bridgehead atoms. The van der Waals surface area contributed by atoms with Crippen molar-refractivity contribution >= 4 is 27.5 Å². The fourth-order valence-corrected chi connectivity index (χ4v) is 3.20. The summed E-state index contributed by atoms with van der Waals surface area (Å²) in [5, 5.41) is 0. The van der Waals surface area contributed by atoms with E-state index in [0.717, 1.165) is 29.0 Å². The number of carbonyl (C=O) groups excluding carboxylic acids is 1. The van der Waals surface area contributed by atoms with E-state index in [2.05, 4.69) is 38.8 Å². The molecule has 0 saturated heterocycles. The minimum atomic E-state index is -0.0443. The van der Waals surface area contributed by atoms with Crippen molar-refractivity contribution in [3.8, 4) is 5.75 Å². The molecule has 1 aromatic heterocycles. The number of carbonyl (C=O) groups is 1. The van der Waals surface area contributed by atoms with Gasteiger partial charge in [-0.15, -0.1) is 0 Å². The van der Waals surface area contributed by atoms with E-state index in [1.807, 2.05) is 18.2 Å². The van der Waals surface area contributed by atoms with Crippen LogP contribution in [0.4, 0.5) is 5.69 Å². The van der Waals surface area contributed by atoms with E-state index in [9.17, 15) is 4.79 Å². The van der Waals surface area contributed by atoms with Crippen LogP contribution in [0.2, 0.25) is 0 Å². The number of H-pyrrole nitrogens is 1. The van der Waals surface area contributed by atoms with Gasteiger partial charge in [-0.3, -0.25) is 4.79 Å². The minimum absolute atomic E-state index is 0.0405. The maximum absolute atomic E-state index is 12.4. The summed E-state index contributed by atoms with van der Waals surface area (Å²) in [6.45, 7) is 4.36. The first-order valence-corrected chi connectivity index (χ1v) is 8.47. The Bertz CT molecular complexity index is 701.